The summed E-state index contributed by atoms with van der Waals surface area (Å²) in [4.78, 5) is 13.0. The van der Waals surface area contributed by atoms with Crippen molar-refractivity contribution in [2.75, 3.05) is 13.6 Å². The van der Waals surface area contributed by atoms with Gasteiger partial charge < -0.3 is 15.8 Å². The van der Waals surface area contributed by atoms with Gasteiger partial charge in [0.2, 0.25) is 5.91 Å². The first-order valence-electron chi connectivity index (χ1n) is 4.82. The molecule has 0 aliphatic heterocycles. The van der Waals surface area contributed by atoms with E-state index in [4.69, 9.17) is 10.9 Å². The molecule has 0 aromatic rings. The number of carbonyl (C=O) groups excluding carboxylic acids is 1. The number of rotatable bonds is 6. The van der Waals surface area contributed by atoms with Crippen molar-refractivity contribution in [1.29, 1.82) is 0 Å². The summed E-state index contributed by atoms with van der Waals surface area (Å²) in [5.74, 6) is 0.262. The molecule has 0 aliphatic rings. The average Bonchev–Trinajstić information content (AvgIpc) is 2.21. The van der Waals surface area contributed by atoms with Gasteiger partial charge in [0.05, 0.1) is 0 Å². The summed E-state index contributed by atoms with van der Waals surface area (Å²) < 4.78 is 0. The molecule has 0 aromatic carbocycles. The number of nitrogens with zero attached hydrogens (tertiary/aromatic N) is 2. The van der Waals surface area contributed by atoms with E-state index in [0.717, 1.165) is 12.8 Å². The van der Waals surface area contributed by atoms with Gasteiger partial charge in [-0.3, -0.25) is 4.79 Å². The van der Waals surface area contributed by atoms with Crippen LogP contribution in [0.2, 0.25) is 0 Å². The van der Waals surface area contributed by atoms with Crippen LogP contribution in [0.4, 0.5) is 0 Å². The fraction of sp³-hybridized carbons (Fsp3) is 0.778. The van der Waals surface area contributed by atoms with Crippen LogP contribution in [0.5, 0.6) is 0 Å². The second-order valence-corrected chi connectivity index (χ2v) is 3.26. The highest BCUT2D eigenvalue weighted by atomic mass is 16.4. The Kier molecular flexibility index (Phi) is 6.53. The van der Waals surface area contributed by atoms with Crippen molar-refractivity contribution in [3.8, 4) is 0 Å². The van der Waals surface area contributed by atoms with E-state index in [9.17, 15) is 4.79 Å². The summed E-state index contributed by atoms with van der Waals surface area (Å²) in [6.07, 6.45) is 2.90. The second-order valence-electron chi connectivity index (χ2n) is 3.26. The molecule has 14 heavy (non-hydrogen) atoms. The number of unbranched alkanes of at least 4 members (excludes halogenated alkanes) is 1. The lowest BCUT2D eigenvalue weighted by atomic mass is 10.2. The topological polar surface area (TPSA) is 78.9 Å². The van der Waals surface area contributed by atoms with Gasteiger partial charge in [-0.1, -0.05) is 18.5 Å². The lowest BCUT2D eigenvalue weighted by Crippen LogP contribution is -2.30. The predicted octanol–water partition coefficient (Wildman–Crippen LogP) is 0.772. The van der Waals surface area contributed by atoms with E-state index in [0.29, 0.717) is 19.4 Å². The van der Waals surface area contributed by atoms with Crippen molar-refractivity contribution in [3.05, 3.63) is 0 Å². The van der Waals surface area contributed by atoms with E-state index in [2.05, 4.69) is 5.16 Å². The smallest absolute Gasteiger partial charge is 0.222 e. The van der Waals surface area contributed by atoms with Crippen molar-refractivity contribution < 1.29 is 10.0 Å². The molecule has 5 nitrogen and oxygen atoms in total. The third-order valence-electron chi connectivity index (χ3n) is 2.00. The van der Waals surface area contributed by atoms with Crippen LogP contribution in [0, 0.1) is 0 Å². The maximum Gasteiger partial charge on any atom is 0.222 e. The highest BCUT2D eigenvalue weighted by molar-refractivity contribution is 5.81. The molecular formula is C9H19N3O2. The average molecular weight is 201 g/mol. The van der Waals surface area contributed by atoms with Crippen LogP contribution < -0.4 is 5.73 Å². The van der Waals surface area contributed by atoms with Gasteiger partial charge in [-0.25, -0.2) is 0 Å². The van der Waals surface area contributed by atoms with Crippen molar-refractivity contribution >= 4 is 11.7 Å². The van der Waals surface area contributed by atoms with E-state index in [1.807, 2.05) is 6.92 Å². The van der Waals surface area contributed by atoms with Gasteiger partial charge >= 0.3 is 0 Å². The number of amidine groups is 1. The first-order valence-corrected chi connectivity index (χ1v) is 4.82. The van der Waals surface area contributed by atoms with E-state index in [-0.39, 0.29) is 11.7 Å². The number of nitrogens with two attached hydrogens (primary N) is 1. The summed E-state index contributed by atoms with van der Waals surface area (Å²) in [6, 6.07) is 0. The molecule has 82 valence electrons. The van der Waals surface area contributed by atoms with Crippen LogP contribution in [-0.2, 0) is 4.79 Å². The van der Waals surface area contributed by atoms with Gasteiger partial charge in [0.1, 0.15) is 5.84 Å². The maximum absolute atomic E-state index is 11.4. The minimum atomic E-state index is 0.109. The summed E-state index contributed by atoms with van der Waals surface area (Å²) >= 11 is 0. The Morgan fingerprint density at radius 2 is 2.14 bits per heavy atom. The zero-order valence-corrected chi connectivity index (χ0v) is 8.86. The molecule has 0 rings (SSSR count). The number of oxime groups is 1. The SMILES string of the molecule is CCCCC(=O)N(C)CC/C(N)=N/O. The summed E-state index contributed by atoms with van der Waals surface area (Å²) in [5.41, 5.74) is 5.28. The van der Waals surface area contributed by atoms with Crippen molar-refractivity contribution in [1.82, 2.24) is 4.90 Å². The lowest BCUT2D eigenvalue weighted by molar-refractivity contribution is -0.129. The van der Waals surface area contributed by atoms with Gasteiger partial charge in [-0.15, -0.1) is 0 Å². The predicted molar refractivity (Wildman–Crippen MR) is 55.2 cm³/mol. The van der Waals surface area contributed by atoms with Crippen LogP contribution >= 0.6 is 0 Å². The largest absolute Gasteiger partial charge is 0.409 e. The van der Waals surface area contributed by atoms with Crippen LogP contribution in [0.15, 0.2) is 5.16 Å². The molecule has 0 saturated carbocycles. The summed E-state index contributed by atoms with van der Waals surface area (Å²) in [5, 5.41) is 11.1. The molecule has 0 radical (unpaired) electrons. The molecule has 0 saturated heterocycles. The van der Waals surface area contributed by atoms with E-state index in [1.165, 1.54) is 0 Å². The van der Waals surface area contributed by atoms with Crippen LogP contribution in [0.25, 0.3) is 0 Å². The Morgan fingerprint density at radius 1 is 1.50 bits per heavy atom. The highest BCUT2D eigenvalue weighted by Gasteiger charge is 2.07. The molecule has 5 heteroatoms. The zero-order chi connectivity index (χ0) is 11.0. The Labute approximate surface area is 84.6 Å². The molecule has 0 bridgehead atoms. The second kappa shape index (κ2) is 7.17. The Balaban J connectivity index is 3.72. The molecule has 0 atom stereocenters. The summed E-state index contributed by atoms with van der Waals surface area (Å²) in [7, 11) is 1.72. The molecule has 0 heterocycles. The van der Waals surface area contributed by atoms with Gasteiger partial charge in [0, 0.05) is 26.4 Å². The molecule has 0 unspecified atom stereocenters. The van der Waals surface area contributed by atoms with Gasteiger partial charge in [0.15, 0.2) is 0 Å². The molecular weight excluding hydrogens is 182 g/mol. The third kappa shape index (κ3) is 5.40. The maximum atomic E-state index is 11.4. The normalized spacial score (nSPS) is 11.4. The van der Waals surface area contributed by atoms with Crippen molar-refractivity contribution in [3.63, 3.8) is 0 Å². The fourth-order valence-corrected chi connectivity index (χ4v) is 0.976. The van der Waals surface area contributed by atoms with E-state index >= 15 is 0 Å². The Morgan fingerprint density at radius 3 is 2.64 bits per heavy atom. The first kappa shape index (κ1) is 12.7. The summed E-state index contributed by atoms with van der Waals surface area (Å²) in [6.45, 7) is 2.54. The zero-order valence-electron chi connectivity index (χ0n) is 8.86. The minimum Gasteiger partial charge on any atom is -0.409 e. The molecule has 0 aliphatic carbocycles. The van der Waals surface area contributed by atoms with E-state index < -0.39 is 0 Å². The van der Waals surface area contributed by atoms with Crippen LogP contribution in [0.1, 0.15) is 32.6 Å². The molecule has 0 fully saturated rings. The standard InChI is InChI=1S/C9H19N3O2/c1-3-4-5-9(13)12(2)7-6-8(10)11-14/h14H,3-7H2,1-2H3,(H2,10,11). The number of hydrogen-bond donors (Lipinski definition) is 2. The monoisotopic (exact) mass is 201 g/mol. The van der Waals surface area contributed by atoms with Crippen molar-refractivity contribution in [2.45, 2.75) is 32.6 Å². The quantitative estimate of drug-likeness (QED) is 0.288. The number of amides is 1. The Bertz CT molecular complexity index is 204. The molecule has 0 aromatic heterocycles. The van der Waals surface area contributed by atoms with Crippen LogP contribution in [-0.4, -0.2) is 35.4 Å². The fourth-order valence-electron chi connectivity index (χ4n) is 0.976. The van der Waals surface area contributed by atoms with E-state index in [1.54, 1.807) is 11.9 Å². The molecule has 1 amide bonds. The molecule has 3 N–H and O–H groups in total. The Hall–Kier alpha value is -1.26. The first-order chi connectivity index (χ1) is 6.61. The lowest BCUT2D eigenvalue weighted by Gasteiger charge is -2.16. The number of carbonyl (C=O) groups is 1. The van der Waals surface area contributed by atoms with Gasteiger partial charge in [-0.05, 0) is 6.42 Å². The van der Waals surface area contributed by atoms with Crippen molar-refractivity contribution in [2.24, 2.45) is 10.9 Å². The highest BCUT2D eigenvalue weighted by Crippen LogP contribution is 1.99. The van der Waals surface area contributed by atoms with Gasteiger partial charge in [0.25, 0.3) is 0 Å². The molecule has 0 spiro atoms. The van der Waals surface area contributed by atoms with Crippen LogP contribution in [0.3, 0.4) is 0 Å². The third-order valence-corrected chi connectivity index (χ3v) is 2.00. The van der Waals surface area contributed by atoms with Gasteiger partial charge in [-0.2, -0.15) is 0 Å². The number of hydrogen-bond acceptors (Lipinski definition) is 3. The minimum absolute atomic E-state index is 0.109.